The highest BCUT2D eigenvalue weighted by molar-refractivity contribution is 7.99. The van der Waals surface area contributed by atoms with Gasteiger partial charge in [0.2, 0.25) is 5.91 Å². The van der Waals surface area contributed by atoms with E-state index in [0.29, 0.717) is 27.5 Å². The Bertz CT molecular complexity index is 1270. The summed E-state index contributed by atoms with van der Waals surface area (Å²) in [5, 5.41) is 22.6. The number of thioether (sulfide) groups is 1. The fraction of sp³-hybridized carbons (Fsp3) is 0.462. The van der Waals surface area contributed by atoms with E-state index in [1.54, 1.807) is 11.3 Å². The van der Waals surface area contributed by atoms with Crippen LogP contribution in [0.15, 0.2) is 23.4 Å². The van der Waals surface area contributed by atoms with Gasteiger partial charge in [-0.15, -0.1) is 21.5 Å². The summed E-state index contributed by atoms with van der Waals surface area (Å²) < 4.78 is 8.01. The van der Waals surface area contributed by atoms with Crippen molar-refractivity contribution in [2.75, 3.05) is 11.1 Å². The molecule has 184 valence electrons. The molecule has 9 heteroatoms. The Kier molecular flexibility index (Phi) is 7.82. The molecule has 2 heterocycles. The summed E-state index contributed by atoms with van der Waals surface area (Å²) >= 11 is 2.88. The summed E-state index contributed by atoms with van der Waals surface area (Å²) in [6.07, 6.45) is 3.88. The monoisotopic (exact) mass is 509 g/mol. The van der Waals surface area contributed by atoms with E-state index < -0.39 is 0 Å². The number of amides is 1. The maximum absolute atomic E-state index is 12.7. The lowest BCUT2D eigenvalue weighted by Crippen LogP contribution is -2.15. The molecule has 0 fully saturated rings. The smallest absolute Gasteiger partial charge is 0.235 e. The molecule has 0 radical (unpaired) electrons. The Morgan fingerprint density at radius 2 is 2.20 bits per heavy atom. The number of hydrogen-bond donors (Lipinski definition) is 1. The van der Waals surface area contributed by atoms with Crippen LogP contribution in [0.4, 0.5) is 5.00 Å². The van der Waals surface area contributed by atoms with E-state index in [2.05, 4.69) is 41.5 Å². The van der Waals surface area contributed by atoms with E-state index in [4.69, 9.17) is 4.74 Å². The first kappa shape index (κ1) is 25.3. The van der Waals surface area contributed by atoms with E-state index >= 15 is 0 Å². The van der Waals surface area contributed by atoms with E-state index in [-0.39, 0.29) is 17.8 Å². The Balaban J connectivity index is 1.38. The molecule has 4 rings (SSSR count). The summed E-state index contributed by atoms with van der Waals surface area (Å²) in [5.74, 6) is 2.21. The Morgan fingerprint density at radius 3 is 2.94 bits per heavy atom. The number of nitrogens with one attached hydrogen (secondary N) is 1. The van der Waals surface area contributed by atoms with Gasteiger partial charge in [0.15, 0.2) is 17.1 Å². The van der Waals surface area contributed by atoms with Crippen LogP contribution in [0.25, 0.3) is 0 Å². The number of ether oxygens (including phenoxy) is 1. The van der Waals surface area contributed by atoms with Gasteiger partial charge in [0.05, 0.1) is 11.3 Å². The zero-order valence-electron chi connectivity index (χ0n) is 20.8. The van der Waals surface area contributed by atoms with Crippen molar-refractivity contribution >= 4 is 34.0 Å². The lowest BCUT2D eigenvalue weighted by atomic mass is 9.86. The number of benzene rings is 1. The molecule has 0 aliphatic heterocycles. The number of carbonyl (C=O) groups excluding carboxylic acids is 1. The molecule has 1 N–H and O–H groups in total. The van der Waals surface area contributed by atoms with Gasteiger partial charge in [0.1, 0.15) is 16.8 Å². The number of aryl methyl sites for hydroxylation is 1. The SMILES string of the molecule is CCC1CCc2c(sc(NC(=O)CSc3nnc(C(C)Oc4cccc(C)c4C)n3C)c2C#N)C1. The molecule has 0 saturated carbocycles. The average molecular weight is 510 g/mol. The number of nitrogens with zero attached hydrogens (tertiary/aromatic N) is 4. The molecule has 3 aromatic rings. The minimum atomic E-state index is -0.293. The third-order valence-electron chi connectivity index (χ3n) is 6.73. The van der Waals surface area contributed by atoms with Crippen LogP contribution in [-0.2, 0) is 24.7 Å². The van der Waals surface area contributed by atoms with Gasteiger partial charge in [0.25, 0.3) is 0 Å². The molecule has 0 spiro atoms. The van der Waals surface area contributed by atoms with E-state index in [1.165, 1.54) is 22.2 Å². The van der Waals surface area contributed by atoms with Crippen molar-refractivity contribution in [3.8, 4) is 11.8 Å². The lowest BCUT2D eigenvalue weighted by molar-refractivity contribution is -0.113. The second-order valence-corrected chi connectivity index (χ2v) is 11.1. The minimum Gasteiger partial charge on any atom is -0.482 e. The van der Waals surface area contributed by atoms with Crippen molar-refractivity contribution in [2.24, 2.45) is 13.0 Å². The first-order valence-corrected chi connectivity index (χ1v) is 13.7. The predicted octanol–water partition coefficient (Wildman–Crippen LogP) is 5.75. The molecule has 1 aliphatic carbocycles. The number of nitriles is 1. The molecule has 1 aromatic carbocycles. The van der Waals surface area contributed by atoms with Crippen LogP contribution in [0.3, 0.4) is 0 Å². The van der Waals surface area contributed by atoms with E-state index in [1.807, 2.05) is 37.6 Å². The third-order valence-corrected chi connectivity index (χ3v) is 8.92. The summed E-state index contributed by atoms with van der Waals surface area (Å²) in [5.41, 5.74) is 4.04. The van der Waals surface area contributed by atoms with Gasteiger partial charge < -0.3 is 14.6 Å². The highest BCUT2D eigenvalue weighted by atomic mass is 32.2. The fourth-order valence-corrected chi connectivity index (χ4v) is 6.45. The molecule has 7 nitrogen and oxygen atoms in total. The highest BCUT2D eigenvalue weighted by Crippen LogP contribution is 2.40. The van der Waals surface area contributed by atoms with Crippen LogP contribution in [0, 0.1) is 31.1 Å². The Morgan fingerprint density at radius 1 is 1.40 bits per heavy atom. The molecular formula is C26H31N5O2S2. The average Bonchev–Trinajstić information content (AvgIpc) is 3.39. The zero-order chi connectivity index (χ0) is 25.1. The quantitative estimate of drug-likeness (QED) is 0.389. The number of rotatable bonds is 8. The number of aromatic nitrogens is 3. The van der Waals surface area contributed by atoms with Crippen LogP contribution in [-0.4, -0.2) is 26.4 Å². The molecule has 2 aromatic heterocycles. The second kappa shape index (κ2) is 10.8. The summed E-state index contributed by atoms with van der Waals surface area (Å²) in [6.45, 7) is 8.25. The molecule has 35 heavy (non-hydrogen) atoms. The van der Waals surface area contributed by atoms with Gasteiger partial charge in [0, 0.05) is 11.9 Å². The number of thiophene rings is 1. The summed E-state index contributed by atoms with van der Waals surface area (Å²) in [7, 11) is 1.88. The lowest BCUT2D eigenvalue weighted by Gasteiger charge is -2.20. The van der Waals surface area contributed by atoms with Crippen molar-refractivity contribution in [1.82, 2.24) is 14.8 Å². The van der Waals surface area contributed by atoms with Crippen LogP contribution < -0.4 is 10.1 Å². The Labute approximate surface area is 214 Å². The van der Waals surface area contributed by atoms with Crippen molar-refractivity contribution in [3.63, 3.8) is 0 Å². The minimum absolute atomic E-state index is 0.152. The normalized spacial score (nSPS) is 15.8. The maximum atomic E-state index is 12.7. The highest BCUT2D eigenvalue weighted by Gasteiger charge is 2.26. The standard InChI is InChI=1S/C26H31N5O2S2/c1-6-18-10-11-19-20(13-27)25(35-22(19)12-18)28-23(32)14-34-26-30-29-24(31(26)5)17(4)33-21-9-7-8-15(2)16(21)3/h7-9,17-18H,6,10-12,14H2,1-5H3,(H,28,32). The van der Waals surface area contributed by atoms with Crippen LogP contribution >= 0.6 is 23.1 Å². The van der Waals surface area contributed by atoms with E-state index in [9.17, 15) is 10.1 Å². The number of fused-ring (bicyclic) bond motifs is 1. The van der Waals surface area contributed by atoms with Crippen molar-refractivity contribution in [2.45, 2.75) is 64.6 Å². The largest absolute Gasteiger partial charge is 0.482 e. The molecular weight excluding hydrogens is 478 g/mol. The van der Waals surface area contributed by atoms with Crippen LogP contribution in [0.2, 0.25) is 0 Å². The van der Waals surface area contributed by atoms with Crippen LogP contribution in [0.5, 0.6) is 5.75 Å². The van der Waals surface area contributed by atoms with Crippen molar-refractivity contribution in [3.05, 3.63) is 51.2 Å². The van der Waals surface area contributed by atoms with Gasteiger partial charge >= 0.3 is 0 Å². The van der Waals surface area contributed by atoms with Crippen molar-refractivity contribution in [1.29, 1.82) is 5.26 Å². The van der Waals surface area contributed by atoms with Crippen molar-refractivity contribution < 1.29 is 9.53 Å². The fourth-order valence-electron chi connectivity index (χ4n) is 4.40. The molecule has 0 bridgehead atoms. The number of anilines is 1. The molecule has 1 aliphatic rings. The van der Waals surface area contributed by atoms with E-state index in [0.717, 1.165) is 42.6 Å². The van der Waals surface area contributed by atoms with Gasteiger partial charge in [-0.3, -0.25) is 4.79 Å². The maximum Gasteiger partial charge on any atom is 0.235 e. The molecule has 2 atom stereocenters. The topological polar surface area (TPSA) is 92.8 Å². The molecule has 0 saturated heterocycles. The first-order chi connectivity index (χ1) is 16.8. The van der Waals surface area contributed by atoms with Gasteiger partial charge in [-0.05, 0) is 68.7 Å². The van der Waals surface area contributed by atoms with Crippen LogP contribution in [0.1, 0.15) is 65.7 Å². The van der Waals surface area contributed by atoms with Gasteiger partial charge in [-0.2, -0.15) is 5.26 Å². The second-order valence-electron chi connectivity index (χ2n) is 9.03. The Hall–Kier alpha value is -2.83. The summed E-state index contributed by atoms with van der Waals surface area (Å²) in [6, 6.07) is 8.30. The number of carbonyl (C=O) groups is 1. The number of hydrogen-bond acceptors (Lipinski definition) is 7. The van der Waals surface area contributed by atoms with Gasteiger partial charge in [-0.25, -0.2) is 0 Å². The molecule has 1 amide bonds. The third kappa shape index (κ3) is 5.39. The molecule has 2 unspecified atom stereocenters. The zero-order valence-corrected chi connectivity index (χ0v) is 22.5. The summed E-state index contributed by atoms with van der Waals surface area (Å²) in [4.78, 5) is 14.0. The van der Waals surface area contributed by atoms with Gasteiger partial charge in [-0.1, -0.05) is 37.2 Å². The first-order valence-electron chi connectivity index (χ1n) is 11.9. The predicted molar refractivity (Wildman–Crippen MR) is 140 cm³/mol.